The Labute approximate surface area is 128 Å². The summed E-state index contributed by atoms with van der Waals surface area (Å²) in [6, 6.07) is 8.27. The quantitative estimate of drug-likeness (QED) is 0.872. The molecule has 3 rings (SSSR count). The Morgan fingerprint density at radius 1 is 1.41 bits per heavy atom. The molecule has 1 aromatic carbocycles. The number of piperidine rings is 1. The van der Waals surface area contributed by atoms with Gasteiger partial charge < -0.3 is 14.1 Å². The zero-order chi connectivity index (χ0) is 15.5. The average Bonchev–Trinajstić information content (AvgIpc) is 2.55. The zero-order valence-electron chi connectivity index (χ0n) is 12.6. The van der Waals surface area contributed by atoms with Crippen LogP contribution in [0.15, 0.2) is 39.5 Å². The van der Waals surface area contributed by atoms with E-state index < -0.39 is 0 Å². The molecular formula is C17H19NO4. The Morgan fingerprint density at radius 2 is 2.23 bits per heavy atom. The van der Waals surface area contributed by atoms with Crippen LogP contribution in [0.4, 0.5) is 0 Å². The van der Waals surface area contributed by atoms with E-state index in [1.807, 2.05) is 0 Å². The maximum atomic E-state index is 12.6. The first-order valence-electron chi connectivity index (χ1n) is 7.50. The molecule has 1 unspecified atom stereocenters. The van der Waals surface area contributed by atoms with Crippen LogP contribution in [-0.2, 0) is 4.74 Å². The third kappa shape index (κ3) is 2.90. The van der Waals surface area contributed by atoms with Crippen molar-refractivity contribution in [2.24, 2.45) is 5.92 Å². The molecule has 0 spiro atoms. The summed E-state index contributed by atoms with van der Waals surface area (Å²) in [5, 5.41) is 0.495. The number of amides is 1. The van der Waals surface area contributed by atoms with E-state index in [0.717, 1.165) is 12.8 Å². The standard InChI is InChI=1S/C17H19NO4/c1-21-11-12-5-4-8-18(10-12)17(20)16-9-14(19)13-6-2-3-7-15(13)22-16/h2-3,6-7,9,12H,4-5,8,10-11H2,1H3. The van der Waals surface area contributed by atoms with Crippen LogP contribution < -0.4 is 5.43 Å². The van der Waals surface area contributed by atoms with Crippen molar-refractivity contribution >= 4 is 16.9 Å². The van der Waals surface area contributed by atoms with Gasteiger partial charge in [0.1, 0.15) is 5.58 Å². The molecule has 0 saturated carbocycles. The highest BCUT2D eigenvalue weighted by atomic mass is 16.5. The van der Waals surface area contributed by atoms with Gasteiger partial charge in [-0.3, -0.25) is 9.59 Å². The minimum atomic E-state index is -0.219. The van der Waals surface area contributed by atoms with Crippen LogP contribution in [-0.4, -0.2) is 37.6 Å². The lowest BCUT2D eigenvalue weighted by atomic mass is 9.99. The largest absolute Gasteiger partial charge is 0.451 e. The second-order valence-corrected chi connectivity index (χ2v) is 5.69. The molecule has 5 heteroatoms. The van der Waals surface area contributed by atoms with E-state index in [2.05, 4.69) is 0 Å². The van der Waals surface area contributed by atoms with Crippen LogP contribution in [0.2, 0.25) is 0 Å². The summed E-state index contributed by atoms with van der Waals surface area (Å²) >= 11 is 0. The second-order valence-electron chi connectivity index (χ2n) is 5.69. The average molecular weight is 301 g/mol. The number of nitrogens with zero attached hydrogens (tertiary/aromatic N) is 1. The van der Waals surface area contributed by atoms with Gasteiger partial charge >= 0.3 is 0 Å². The van der Waals surface area contributed by atoms with Gasteiger partial charge in [0.15, 0.2) is 11.2 Å². The lowest BCUT2D eigenvalue weighted by molar-refractivity contribution is 0.0543. The van der Waals surface area contributed by atoms with Gasteiger partial charge in [-0.2, -0.15) is 0 Å². The number of fused-ring (bicyclic) bond motifs is 1. The molecular weight excluding hydrogens is 282 g/mol. The van der Waals surface area contributed by atoms with E-state index in [9.17, 15) is 9.59 Å². The fourth-order valence-corrected chi connectivity index (χ4v) is 2.99. The maximum Gasteiger partial charge on any atom is 0.289 e. The molecule has 1 aliphatic heterocycles. The van der Waals surface area contributed by atoms with Crippen LogP contribution >= 0.6 is 0 Å². The van der Waals surface area contributed by atoms with Gasteiger partial charge in [0.2, 0.25) is 0 Å². The topological polar surface area (TPSA) is 59.8 Å². The maximum absolute atomic E-state index is 12.6. The molecule has 1 atom stereocenters. The predicted molar refractivity (Wildman–Crippen MR) is 83.0 cm³/mol. The third-order valence-electron chi connectivity index (χ3n) is 4.05. The van der Waals surface area contributed by atoms with Gasteiger partial charge in [0.05, 0.1) is 12.0 Å². The van der Waals surface area contributed by atoms with Crippen molar-refractivity contribution in [3.8, 4) is 0 Å². The lowest BCUT2D eigenvalue weighted by Gasteiger charge is -2.32. The number of hydrogen-bond donors (Lipinski definition) is 0. The van der Waals surface area contributed by atoms with E-state index in [0.29, 0.717) is 36.6 Å². The summed E-state index contributed by atoms with van der Waals surface area (Å²) in [5.74, 6) is 0.236. The van der Waals surface area contributed by atoms with E-state index in [4.69, 9.17) is 9.15 Å². The summed E-state index contributed by atoms with van der Waals surface area (Å²) < 4.78 is 10.8. The van der Waals surface area contributed by atoms with E-state index in [1.54, 1.807) is 36.3 Å². The summed E-state index contributed by atoms with van der Waals surface area (Å²) in [5.41, 5.74) is 0.263. The molecule has 0 N–H and O–H groups in total. The van der Waals surface area contributed by atoms with E-state index in [1.165, 1.54) is 6.07 Å². The first-order chi connectivity index (χ1) is 10.7. The molecule has 5 nitrogen and oxygen atoms in total. The fraction of sp³-hybridized carbons (Fsp3) is 0.412. The summed E-state index contributed by atoms with van der Waals surface area (Å²) in [4.78, 5) is 26.5. The Kier molecular flexibility index (Phi) is 4.24. The van der Waals surface area contributed by atoms with Crippen molar-refractivity contribution in [1.29, 1.82) is 0 Å². The fourth-order valence-electron chi connectivity index (χ4n) is 2.99. The molecule has 0 radical (unpaired) electrons. The number of methoxy groups -OCH3 is 1. The Morgan fingerprint density at radius 3 is 3.05 bits per heavy atom. The molecule has 1 amide bonds. The number of carbonyl (C=O) groups excluding carboxylic acids is 1. The molecule has 116 valence electrons. The number of carbonyl (C=O) groups is 1. The summed E-state index contributed by atoms with van der Waals surface area (Å²) in [6.45, 7) is 1.98. The van der Waals surface area contributed by atoms with E-state index >= 15 is 0 Å². The number of rotatable bonds is 3. The number of likely N-dealkylation sites (tertiary alicyclic amines) is 1. The van der Waals surface area contributed by atoms with Crippen LogP contribution in [0.3, 0.4) is 0 Å². The number of benzene rings is 1. The van der Waals surface area contributed by atoms with Gasteiger partial charge in [-0.1, -0.05) is 12.1 Å². The van der Waals surface area contributed by atoms with Crippen LogP contribution in [0, 0.1) is 5.92 Å². The molecule has 0 aliphatic carbocycles. The van der Waals surface area contributed by atoms with Gasteiger partial charge in [0.25, 0.3) is 5.91 Å². The van der Waals surface area contributed by atoms with E-state index in [-0.39, 0.29) is 17.1 Å². The highest BCUT2D eigenvalue weighted by Gasteiger charge is 2.26. The van der Waals surface area contributed by atoms with Crippen molar-refractivity contribution in [3.63, 3.8) is 0 Å². The second kappa shape index (κ2) is 6.32. The molecule has 2 aromatic rings. The SMILES string of the molecule is COCC1CCCN(C(=O)c2cc(=O)c3ccccc3o2)C1. The van der Waals surface area contributed by atoms with Crippen LogP contribution in [0.5, 0.6) is 0 Å². The zero-order valence-corrected chi connectivity index (χ0v) is 12.6. The highest BCUT2D eigenvalue weighted by Crippen LogP contribution is 2.20. The molecule has 1 aromatic heterocycles. The lowest BCUT2D eigenvalue weighted by Crippen LogP contribution is -2.41. The van der Waals surface area contributed by atoms with Crippen LogP contribution in [0.1, 0.15) is 23.4 Å². The first kappa shape index (κ1) is 14.8. The van der Waals surface area contributed by atoms with Crippen molar-refractivity contribution in [3.05, 3.63) is 46.3 Å². The van der Waals surface area contributed by atoms with Crippen molar-refractivity contribution < 1.29 is 13.9 Å². The minimum absolute atomic E-state index is 0.113. The monoisotopic (exact) mass is 301 g/mol. The van der Waals surface area contributed by atoms with Crippen molar-refractivity contribution in [1.82, 2.24) is 4.90 Å². The minimum Gasteiger partial charge on any atom is -0.451 e. The molecule has 1 saturated heterocycles. The summed E-state index contributed by atoms with van der Waals surface area (Å²) in [6.07, 6.45) is 2.00. The Balaban J connectivity index is 1.87. The molecule has 1 aliphatic rings. The normalized spacial score (nSPS) is 18.6. The third-order valence-corrected chi connectivity index (χ3v) is 4.05. The van der Waals surface area contributed by atoms with Gasteiger partial charge in [-0.25, -0.2) is 0 Å². The predicted octanol–water partition coefficient (Wildman–Crippen LogP) is 2.29. The summed E-state index contributed by atoms with van der Waals surface area (Å²) in [7, 11) is 1.67. The number of ether oxygens (including phenoxy) is 1. The molecule has 1 fully saturated rings. The molecule has 2 heterocycles. The van der Waals surface area contributed by atoms with Gasteiger partial charge in [-0.05, 0) is 30.9 Å². The number of hydrogen-bond acceptors (Lipinski definition) is 4. The highest BCUT2D eigenvalue weighted by molar-refractivity contribution is 5.93. The van der Waals surface area contributed by atoms with Crippen LogP contribution in [0.25, 0.3) is 11.0 Å². The van der Waals surface area contributed by atoms with Crippen molar-refractivity contribution in [2.45, 2.75) is 12.8 Å². The smallest absolute Gasteiger partial charge is 0.289 e. The molecule has 0 bridgehead atoms. The first-order valence-corrected chi connectivity index (χ1v) is 7.50. The Bertz CT molecular complexity index is 735. The number of para-hydroxylation sites is 1. The van der Waals surface area contributed by atoms with Gasteiger partial charge in [-0.15, -0.1) is 0 Å². The molecule has 22 heavy (non-hydrogen) atoms. The van der Waals surface area contributed by atoms with Gasteiger partial charge in [0, 0.05) is 26.3 Å². The van der Waals surface area contributed by atoms with Crippen molar-refractivity contribution in [2.75, 3.05) is 26.8 Å². The Hall–Kier alpha value is -2.14.